The smallest absolute Gasteiger partial charge is 0.271 e. The number of amides is 1. The molecule has 21 heavy (non-hydrogen) atoms. The molecule has 106 valence electrons. The molecule has 0 aliphatic rings. The topological polar surface area (TPSA) is 83.6 Å². The van der Waals surface area contributed by atoms with Crippen molar-refractivity contribution in [2.45, 2.75) is 6.54 Å². The Hall–Kier alpha value is -2.61. The molecule has 0 aliphatic carbocycles. The molecule has 2 aromatic heterocycles. The molecule has 0 radical (unpaired) electrons. The number of thiazole rings is 1. The van der Waals surface area contributed by atoms with Crippen molar-refractivity contribution >= 4 is 17.2 Å². The van der Waals surface area contributed by atoms with Crippen molar-refractivity contribution in [2.75, 3.05) is 0 Å². The molecule has 8 heteroatoms. The molecule has 3 rings (SSSR count). The van der Waals surface area contributed by atoms with Crippen LogP contribution in [0.1, 0.15) is 16.2 Å². The maximum Gasteiger partial charge on any atom is 0.271 e. The first kappa shape index (κ1) is 13.4. The van der Waals surface area contributed by atoms with Gasteiger partial charge in [-0.15, -0.1) is 11.3 Å². The van der Waals surface area contributed by atoms with Crippen molar-refractivity contribution in [3.8, 4) is 10.6 Å². The van der Waals surface area contributed by atoms with E-state index in [1.807, 2.05) is 0 Å². The van der Waals surface area contributed by atoms with Gasteiger partial charge in [0.05, 0.1) is 12.7 Å². The first-order valence-corrected chi connectivity index (χ1v) is 6.94. The monoisotopic (exact) mass is 303 g/mol. The largest absolute Gasteiger partial charge is 0.345 e. The lowest BCUT2D eigenvalue weighted by Gasteiger charge is -1.99. The molecule has 0 bridgehead atoms. The van der Waals surface area contributed by atoms with E-state index >= 15 is 0 Å². The Labute approximate surface area is 123 Å². The Balaban J connectivity index is 1.69. The lowest BCUT2D eigenvalue weighted by atomic mass is 10.2. The van der Waals surface area contributed by atoms with Crippen LogP contribution >= 0.6 is 11.3 Å². The summed E-state index contributed by atoms with van der Waals surface area (Å²) < 4.78 is 12.9. The highest BCUT2D eigenvalue weighted by Crippen LogP contribution is 2.23. The molecular formula is C13H10FN5OS. The summed E-state index contributed by atoms with van der Waals surface area (Å²) in [4.78, 5) is 16.2. The Kier molecular flexibility index (Phi) is 3.69. The Morgan fingerprint density at radius 1 is 1.33 bits per heavy atom. The van der Waals surface area contributed by atoms with E-state index in [4.69, 9.17) is 0 Å². The molecule has 0 saturated carbocycles. The quantitative estimate of drug-likeness (QED) is 0.772. The van der Waals surface area contributed by atoms with Gasteiger partial charge in [-0.25, -0.2) is 9.37 Å². The fourth-order valence-corrected chi connectivity index (χ4v) is 2.48. The summed E-state index contributed by atoms with van der Waals surface area (Å²) in [6, 6.07) is 5.98. The number of aromatic amines is 1. The minimum atomic E-state index is -0.305. The predicted octanol–water partition coefficient (Wildman–Crippen LogP) is 2.00. The number of nitrogens with zero attached hydrogens (tertiary/aromatic N) is 3. The highest BCUT2D eigenvalue weighted by Gasteiger charge is 2.12. The van der Waals surface area contributed by atoms with E-state index in [1.165, 1.54) is 29.7 Å². The molecule has 1 aromatic carbocycles. The van der Waals surface area contributed by atoms with E-state index in [0.717, 1.165) is 5.56 Å². The van der Waals surface area contributed by atoms with Gasteiger partial charge in [-0.1, -0.05) is 0 Å². The molecule has 6 nitrogen and oxygen atoms in total. The van der Waals surface area contributed by atoms with E-state index in [-0.39, 0.29) is 18.3 Å². The number of carbonyl (C=O) groups is 1. The van der Waals surface area contributed by atoms with Crippen molar-refractivity contribution in [3.63, 3.8) is 0 Å². The summed E-state index contributed by atoms with van der Waals surface area (Å²) in [6.07, 6.45) is 1.53. The molecule has 0 spiro atoms. The summed E-state index contributed by atoms with van der Waals surface area (Å²) in [5, 5.41) is 15.0. The number of halogens is 1. The fourth-order valence-electron chi connectivity index (χ4n) is 1.67. The van der Waals surface area contributed by atoms with Crippen LogP contribution in [0.3, 0.4) is 0 Å². The third-order valence-corrected chi connectivity index (χ3v) is 3.61. The third kappa shape index (κ3) is 3.11. The average Bonchev–Trinajstić information content (AvgIpc) is 3.17. The van der Waals surface area contributed by atoms with E-state index in [1.54, 1.807) is 17.5 Å². The van der Waals surface area contributed by atoms with Crippen LogP contribution in [0.4, 0.5) is 4.39 Å². The highest BCUT2D eigenvalue weighted by atomic mass is 32.1. The number of carbonyl (C=O) groups excluding carboxylic acids is 1. The maximum absolute atomic E-state index is 12.9. The summed E-state index contributed by atoms with van der Waals surface area (Å²) in [5.41, 5.74) is 1.73. The molecule has 2 heterocycles. The summed E-state index contributed by atoms with van der Waals surface area (Å²) >= 11 is 1.33. The SMILES string of the molecule is O=C(NCc1cn[nH]n1)c1csc(-c2ccc(F)cc2)n1. The van der Waals surface area contributed by atoms with Crippen molar-refractivity contribution in [1.82, 2.24) is 25.7 Å². The number of nitrogens with one attached hydrogen (secondary N) is 2. The van der Waals surface area contributed by atoms with E-state index in [0.29, 0.717) is 16.4 Å². The van der Waals surface area contributed by atoms with Gasteiger partial charge in [0.1, 0.15) is 22.2 Å². The van der Waals surface area contributed by atoms with Crippen LogP contribution in [0.5, 0.6) is 0 Å². The predicted molar refractivity (Wildman–Crippen MR) is 75.1 cm³/mol. The van der Waals surface area contributed by atoms with Gasteiger partial charge in [0.2, 0.25) is 0 Å². The summed E-state index contributed by atoms with van der Waals surface area (Å²) in [7, 11) is 0. The van der Waals surface area contributed by atoms with Gasteiger partial charge in [0.15, 0.2) is 0 Å². The van der Waals surface area contributed by atoms with Gasteiger partial charge in [-0.2, -0.15) is 15.4 Å². The number of hydrogen-bond donors (Lipinski definition) is 2. The zero-order chi connectivity index (χ0) is 14.7. The summed E-state index contributed by atoms with van der Waals surface area (Å²) in [5.74, 6) is -0.594. The van der Waals surface area contributed by atoms with Crippen LogP contribution < -0.4 is 5.32 Å². The van der Waals surface area contributed by atoms with Crippen LogP contribution in [0, 0.1) is 5.82 Å². The summed E-state index contributed by atoms with van der Waals surface area (Å²) in [6.45, 7) is 0.277. The molecular weight excluding hydrogens is 293 g/mol. The van der Waals surface area contributed by atoms with Gasteiger partial charge in [0, 0.05) is 10.9 Å². The van der Waals surface area contributed by atoms with Crippen LogP contribution in [0.2, 0.25) is 0 Å². The molecule has 0 fully saturated rings. The third-order valence-electron chi connectivity index (χ3n) is 2.72. The van der Waals surface area contributed by atoms with Gasteiger partial charge >= 0.3 is 0 Å². The van der Waals surface area contributed by atoms with Crippen molar-refractivity contribution in [3.05, 3.63) is 53.0 Å². The zero-order valence-corrected chi connectivity index (χ0v) is 11.5. The van der Waals surface area contributed by atoms with Crippen LogP contribution in [0.15, 0.2) is 35.8 Å². The lowest BCUT2D eigenvalue weighted by Crippen LogP contribution is -2.23. The van der Waals surface area contributed by atoms with Crippen LogP contribution in [-0.4, -0.2) is 26.3 Å². The zero-order valence-electron chi connectivity index (χ0n) is 10.7. The van der Waals surface area contributed by atoms with Gasteiger partial charge in [-0.05, 0) is 24.3 Å². The van der Waals surface area contributed by atoms with Crippen molar-refractivity contribution in [1.29, 1.82) is 0 Å². The minimum absolute atomic E-state index is 0.277. The number of aromatic nitrogens is 4. The first-order valence-electron chi connectivity index (χ1n) is 6.06. The highest BCUT2D eigenvalue weighted by molar-refractivity contribution is 7.13. The van der Waals surface area contributed by atoms with Crippen LogP contribution in [0.25, 0.3) is 10.6 Å². The van der Waals surface area contributed by atoms with Gasteiger partial charge in [-0.3, -0.25) is 4.79 Å². The van der Waals surface area contributed by atoms with Gasteiger partial charge < -0.3 is 5.32 Å². The molecule has 0 saturated heterocycles. The molecule has 2 N–H and O–H groups in total. The maximum atomic E-state index is 12.9. The molecule has 0 atom stereocenters. The number of hydrogen-bond acceptors (Lipinski definition) is 5. The molecule has 1 amide bonds. The van der Waals surface area contributed by atoms with E-state index < -0.39 is 0 Å². The standard InChI is InChI=1S/C13H10FN5OS/c14-9-3-1-8(2-4-9)13-17-11(7-21-13)12(20)15-5-10-6-16-19-18-10/h1-4,6-7H,5H2,(H,15,20)(H,16,18,19). The number of H-pyrrole nitrogens is 1. The second-order valence-electron chi connectivity index (χ2n) is 4.19. The van der Waals surface area contributed by atoms with Crippen LogP contribution in [-0.2, 0) is 6.54 Å². The Morgan fingerprint density at radius 3 is 2.86 bits per heavy atom. The number of benzene rings is 1. The fraction of sp³-hybridized carbons (Fsp3) is 0.0769. The average molecular weight is 303 g/mol. The molecule has 0 aliphatic heterocycles. The lowest BCUT2D eigenvalue weighted by molar-refractivity contribution is 0.0946. The Morgan fingerprint density at radius 2 is 2.14 bits per heavy atom. The first-order chi connectivity index (χ1) is 10.2. The number of rotatable bonds is 4. The molecule has 3 aromatic rings. The van der Waals surface area contributed by atoms with Crippen molar-refractivity contribution < 1.29 is 9.18 Å². The normalized spacial score (nSPS) is 10.5. The second kappa shape index (κ2) is 5.80. The van der Waals surface area contributed by atoms with E-state index in [9.17, 15) is 9.18 Å². The van der Waals surface area contributed by atoms with Gasteiger partial charge in [0.25, 0.3) is 5.91 Å². The molecule has 0 unspecified atom stereocenters. The van der Waals surface area contributed by atoms with Crippen molar-refractivity contribution in [2.24, 2.45) is 0 Å². The minimum Gasteiger partial charge on any atom is -0.345 e. The Bertz CT molecular complexity index is 738. The second-order valence-corrected chi connectivity index (χ2v) is 5.05. The van der Waals surface area contributed by atoms with E-state index in [2.05, 4.69) is 25.7 Å².